The monoisotopic (exact) mass is 328 g/mol. The largest absolute Gasteiger partial charge is 0.478 e. The number of aromatic carboxylic acids is 1. The number of carboxylic acid groups (broad SMARTS) is 1. The lowest BCUT2D eigenvalue weighted by Gasteiger charge is -2.37. The van der Waals surface area contributed by atoms with E-state index in [4.69, 9.17) is 9.52 Å². The topological polar surface area (TPSA) is 83.6 Å². The molecule has 24 heavy (non-hydrogen) atoms. The molecule has 2 aromatic heterocycles. The second-order valence-electron chi connectivity index (χ2n) is 6.29. The van der Waals surface area contributed by atoms with Crippen molar-refractivity contribution in [1.82, 2.24) is 9.88 Å². The van der Waals surface area contributed by atoms with Gasteiger partial charge in [0.05, 0.1) is 23.6 Å². The molecule has 1 aliphatic rings. The van der Waals surface area contributed by atoms with Gasteiger partial charge >= 0.3 is 5.97 Å². The first-order valence-corrected chi connectivity index (χ1v) is 8.02. The lowest BCUT2D eigenvalue weighted by molar-refractivity contribution is 0.0513. The summed E-state index contributed by atoms with van der Waals surface area (Å²) in [6.45, 7) is 4.40. The molecule has 2 unspecified atom stereocenters. The first-order chi connectivity index (χ1) is 11.5. The minimum Gasteiger partial charge on any atom is -0.478 e. The van der Waals surface area contributed by atoms with Crippen LogP contribution in [0.2, 0.25) is 0 Å². The molecule has 1 amide bonds. The molecule has 3 heterocycles. The average molecular weight is 328 g/mol. The van der Waals surface area contributed by atoms with Gasteiger partial charge in [0, 0.05) is 6.54 Å². The summed E-state index contributed by atoms with van der Waals surface area (Å²) in [5.74, 6) is 0.0459. The Morgan fingerprint density at radius 3 is 2.75 bits per heavy atom. The van der Waals surface area contributed by atoms with E-state index in [1.54, 1.807) is 18.1 Å². The van der Waals surface area contributed by atoms with Crippen LogP contribution < -0.4 is 0 Å². The molecule has 0 aromatic carbocycles. The van der Waals surface area contributed by atoms with Crippen molar-refractivity contribution in [3.63, 3.8) is 0 Å². The highest BCUT2D eigenvalue weighted by molar-refractivity contribution is 5.94. The summed E-state index contributed by atoms with van der Waals surface area (Å²) in [6.07, 6.45) is 3.38. The number of carbonyl (C=O) groups is 2. The highest BCUT2D eigenvalue weighted by Gasteiger charge is 2.33. The Hall–Kier alpha value is -2.63. The highest BCUT2D eigenvalue weighted by Crippen LogP contribution is 2.35. The van der Waals surface area contributed by atoms with Crippen molar-refractivity contribution in [3.8, 4) is 0 Å². The maximum Gasteiger partial charge on any atom is 0.337 e. The molecule has 6 heteroatoms. The third-order valence-electron chi connectivity index (χ3n) is 4.53. The third kappa shape index (κ3) is 3.04. The van der Waals surface area contributed by atoms with Gasteiger partial charge in [-0.3, -0.25) is 4.79 Å². The molecule has 126 valence electrons. The maximum atomic E-state index is 12.9. The van der Waals surface area contributed by atoms with Crippen molar-refractivity contribution in [2.75, 3.05) is 6.54 Å². The van der Waals surface area contributed by atoms with Crippen molar-refractivity contribution in [3.05, 3.63) is 53.2 Å². The predicted molar refractivity (Wildman–Crippen MR) is 86.8 cm³/mol. The molecule has 3 rings (SSSR count). The second-order valence-corrected chi connectivity index (χ2v) is 6.29. The van der Waals surface area contributed by atoms with Gasteiger partial charge in [-0.05, 0) is 49.9 Å². The number of aromatic nitrogens is 1. The Morgan fingerprint density at radius 2 is 2.12 bits per heavy atom. The van der Waals surface area contributed by atoms with Crippen LogP contribution in [0.1, 0.15) is 58.1 Å². The van der Waals surface area contributed by atoms with E-state index in [2.05, 4.69) is 11.9 Å². The normalized spacial score (nSPS) is 20.8. The van der Waals surface area contributed by atoms with Crippen molar-refractivity contribution in [1.29, 1.82) is 0 Å². The second kappa shape index (κ2) is 6.47. The number of aryl methyl sites for hydroxylation is 1. The number of carboxylic acids is 1. The number of pyridine rings is 1. The smallest absolute Gasteiger partial charge is 0.337 e. The van der Waals surface area contributed by atoms with Gasteiger partial charge in [-0.1, -0.05) is 6.92 Å². The zero-order valence-corrected chi connectivity index (χ0v) is 13.7. The molecule has 0 spiro atoms. The number of amides is 1. The molecule has 2 aromatic rings. The van der Waals surface area contributed by atoms with Crippen LogP contribution in [-0.4, -0.2) is 33.4 Å². The van der Waals surface area contributed by atoms with Crippen LogP contribution in [-0.2, 0) is 0 Å². The van der Waals surface area contributed by atoms with Gasteiger partial charge in [-0.25, -0.2) is 9.78 Å². The van der Waals surface area contributed by atoms with Crippen LogP contribution in [0.4, 0.5) is 0 Å². The Morgan fingerprint density at radius 1 is 1.33 bits per heavy atom. The van der Waals surface area contributed by atoms with Crippen molar-refractivity contribution in [2.24, 2.45) is 5.92 Å². The van der Waals surface area contributed by atoms with Gasteiger partial charge in [-0.15, -0.1) is 0 Å². The number of hydrogen-bond donors (Lipinski definition) is 1. The van der Waals surface area contributed by atoms with Gasteiger partial charge in [-0.2, -0.15) is 0 Å². The molecular weight excluding hydrogens is 308 g/mol. The summed E-state index contributed by atoms with van der Waals surface area (Å²) in [7, 11) is 0. The fraction of sp³-hybridized carbons (Fsp3) is 0.389. The summed E-state index contributed by atoms with van der Waals surface area (Å²) in [6, 6.07) is 6.51. The first kappa shape index (κ1) is 16.2. The Balaban J connectivity index is 1.90. The number of likely N-dealkylation sites (tertiary alicyclic amines) is 1. The minimum atomic E-state index is -1.04. The van der Waals surface area contributed by atoms with E-state index in [9.17, 15) is 9.59 Å². The third-order valence-corrected chi connectivity index (χ3v) is 4.53. The molecule has 0 bridgehead atoms. The summed E-state index contributed by atoms with van der Waals surface area (Å²) in [4.78, 5) is 30.0. The van der Waals surface area contributed by atoms with E-state index in [1.807, 2.05) is 12.1 Å². The summed E-state index contributed by atoms with van der Waals surface area (Å²) >= 11 is 0. The van der Waals surface area contributed by atoms with Gasteiger partial charge in [0.25, 0.3) is 5.91 Å². The predicted octanol–water partition coefficient (Wildman–Crippen LogP) is 3.29. The molecule has 0 saturated carbocycles. The van der Waals surface area contributed by atoms with Crippen LogP contribution in [0.15, 0.2) is 34.9 Å². The van der Waals surface area contributed by atoms with Gasteiger partial charge in [0.15, 0.2) is 0 Å². The minimum absolute atomic E-state index is 0.112. The Labute approximate surface area is 140 Å². The quantitative estimate of drug-likeness (QED) is 0.934. The van der Waals surface area contributed by atoms with Gasteiger partial charge < -0.3 is 14.4 Å². The fourth-order valence-electron chi connectivity index (χ4n) is 3.19. The molecule has 1 fully saturated rings. The molecule has 2 atom stereocenters. The van der Waals surface area contributed by atoms with E-state index in [1.165, 1.54) is 12.1 Å². The maximum absolute atomic E-state index is 12.9. The summed E-state index contributed by atoms with van der Waals surface area (Å²) in [5.41, 5.74) is 0.721. The number of piperidine rings is 1. The Bertz CT molecular complexity index is 754. The average Bonchev–Trinajstić information content (AvgIpc) is 3.08. The molecule has 1 saturated heterocycles. The van der Waals surface area contributed by atoms with E-state index in [-0.39, 0.29) is 23.2 Å². The number of hydrogen-bond acceptors (Lipinski definition) is 4. The summed E-state index contributed by atoms with van der Waals surface area (Å²) in [5, 5.41) is 9.09. The first-order valence-electron chi connectivity index (χ1n) is 8.02. The van der Waals surface area contributed by atoms with Crippen molar-refractivity contribution < 1.29 is 19.1 Å². The zero-order chi connectivity index (χ0) is 17.3. The van der Waals surface area contributed by atoms with E-state index in [0.29, 0.717) is 18.2 Å². The van der Waals surface area contributed by atoms with Gasteiger partial charge in [0.1, 0.15) is 11.5 Å². The lowest BCUT2D eigenvalue weighted by atomic mass is 9.90. The number of rotatable bonds is 3. The molecule has 6 nitrogen and oxygen atoms in total. The SMILES string of the molecule is Cc1nc(C(=O)N2CCC(C)CC2c2ccco2)ccc1C(=O)O. The molecule has 1 aliphatic heterocycles. The number of carbonyl (C=O) groups excluding carboxylic acids is 1. The standard InChI is InChI=1S/C18H20N2O4/c1-11-7-8-20(15(10-11)16-4-3-9-24-16)17(21)14-6-5-13(18(22)23)12(2)19-14/h3-6,9,11,15H,7-8,10H2,1-2H3,(H,22,23). The number of furan rings is 1. The molecule has 1 N–H and O–H groups in total. The van der Waals surface area contributed by atoms with Crippen LogP contribution in [0.5, 0.6) is 0 Å². The fourth-order valence-corrected chi connectivity index (χ4v) is 3.19. The summed E-state index contributed by atoms with van der Waals surface area (Å²) < 4.78 is 5.52. The van der Waals surface area contributed by atoms with E-state index < -0.39 is 5.97 Å². The van der Waals surface area contributed by atoms with Crippen LogP contribution in [0.25, 0.3) is 0 Å². The molecule has 0 aliphatic carbocycles. The Kier molecular flexibility index (Phi) is 4.38. The molecule has 0 radical (unpaired) electrons. The van der Waals surface area contributed by atoms with Gasteiger partial charge in [0.2, 0.25) is 0 Å². The lowest BCUT2D eigenvalue weighted by Crippen LogP contribution is -2.41. The van der Waals surface area contributed by atoms with E-state index >= 15 is 0 Å². The van der Waals surface area contributed by atoms with E-state index in [0.717, 1.165) is 18.6 Å². The van der Waals surface area contributed by atoms with Crippen LogP contribution in [0.3, 0.4) is 0 Å². The van der Waals surface area contributed by atoms with Crippen LogP contribution in [0, 0.1) is 12.8 Å². The zero-order valence-electron chi connectivity index (χ0n) is 13.7. The molecular formula is C18H20N2O4. The van der Waals surface area contributed by atoms with Crippen molar-refractivity contribution in [2.45, 2.75) is 32.7 Å². The highest BCUT2D eigenvalue weighted by atomic mass is 16.4. The van der Waals surface area contributed by atoms with Crippen molar-refractivity contribution >= 4 is 11.9 Å². The number of nitrogens with zero attached hydrogens (tertiary/aromatic N) is 2. The van der Waals surface area contributed by atoms with Crippen LogP contribution >= 0.6 is 0 Å².